The molecule has 0 aromatic rings. The summed E-state index contributed by atoms with van der Waals surface area (Å²) >= 11 is 0. The highest BCUT2D eigenvalue weighted by Crippen LogP contribution is 2.38. The van der Waals surface area contributed by atoms with Crippen LogP contribution in [0.5, 0.6) is 0 Å². The summed E-state index contributed by atoms with van der Waals surface area (Å²) in [5.74, 6) is -0.205. The van der Waals surface area contributed by atoms with Gasteiger partial charge in [-0.15, -0.1) is 0 Å². The minimum atomic E-state index is -4.61. The van der Waals surface area contributed by atoms with Crippen molar-refractivity contribution in [2.75, 3.05) is 40.9 Å². The van der Waals surface area contributed by atoms with Gasteiger partial charge < -0.3 is 28.8 Å². The zero-order valence-electron chi connectivity index (χ0n) is 50.1. The van der Waals surface area contributed by atoms with Gasteiger partial charge in [-0.05, 0) is 57.8 Å². The summed E-state index contributed by atoms with van der Waals surface area (Å²) in [6.07, 6.45) is 74.0. The normalized spacial score (nSPS) is 14.0. The van der Waals surface area contributed by atoms with E-state index in [1.54, 1.807) is 6.08 Å². The number of aliphatic hydroxyl groups excluding tert-OH is 1. The van der Waals surface area contributed by atoms with Crippen LogP contribution < -0.4 is 10.2 Å². The number of hydrogen-bond acceptors (Lipinski definition) is 6. The van der Waals surface area contributed by atoms with E-state index in [-0.39, 0.29) is 12.5 Å². The fraction of sp³-hybridized carbons (Fsp3) is 0.892. The maximum atomic E-state index is 13.0. The van der Waals surface area contributed by atoms with Crippen molar-refractivity contribution in [1.82, 2.24) is 5.32 Å². The highest BCUT2D eigenvalue weighted by atomic mass is 31.2. The largest absolute Gasteiger partial charge is 0.756 e. The molecule has 0 bridgehead atoms. The van der Waals surface area contributed by atoms with Crippen LogP contribution in [0.15, 0.2) is 36.5 Å². The first-order chi connectivity index (χ1) is 36.0. The van der Waals surface area contributed by atoms with Gasteiger partial charge in [-0.25, -0.2) is 0 Å². The summed E-state index contributed by atoms with van der Waals surface area (Å²) in [4.78, 5) is 25.5. The lowest BCUT2D eigenvalue weighted by Gasteiger charge is -2.29. The van der Waals surface area contributed by atoms with Crippen molar-refractivity contribution < 1.29 is 32.9 Å². The second-order valence-electron chi connectivity index (χ2n) is 23.5. The average molecular weight is 1060 g/mol. The van der Waals surface area contributed by atoms with Gasteiger partial charge in [-0.2, -0.15) is 0 Å². The molecule has 0 heterocycles. The van der Waals surface area contributed by atoms with Crippen molar-refractivity contribution >= 4 is 13.7 Å². The first-order valence-corrected chi connectivity index (χ1v) is 33.8. The molecule has 3 unspecified atom stereocenters. The number of likely N-dealkylation sites (N-methyl/N-ethyl adjacent to an activating group) is 1. The van der Waals surface area contributed by atoms with Gasteiger partial charge in [-0.1, -0.05) is 294 Å². The summed E-state index contributed by atoms with van der Waals surface area (Å²) in [7, 11) is 1.25. The van der Waals surface area contributed by atoms with Crippen molar-refractivity contribution in [2.45, 2.75) is 334 Å². The van der Waals surface area contributed by atoms with E-state index < -0.39 is 26.6 Å². The van der Waals surface area contributed by atoms with Crippen molar-refractivity contribution in [1.29, 1.82) is 0 Å². The minimum Gasteiger partial charge on any atom is -0.756 e. The Morgan fingerprint density at radius 1 is 0.459 bits per heavy atom. The van der Waals surface area contributed by atoms with Gasteiger partial charge in [0.1, 0.15) is 13.2 Å². The van der Waals surface area contributed by atoms with E-state index in [0.29, 0.717) is 17.4 Å². The molecule has 2 N–H and O–H groups in total. The monoisotopic (exact) mass is 1060 g/mol. The smallest absolute Gasteiger partial charge is 0.268 e. The molecular formula is C65H127N2O6P. The summed E-state index contributed by atoms with van der Waals surface area (Å²) in [6.45, 7) is 4.67. The fourth-order valence-electron chi connectivity index (χ4n) is 9.76. The Labute approximate surface area is 461 Å². The second-order valence-corrected chi connectivity index (χ2v) is 24.9. The molecule has 8 nitrogen and oxygen atoms in total. The zero-order valence-corrected chi connectivity index (χ0v) is 51.0. The Morgan fingerprint density at radius 2 is 0.757 bits per heavy atom. The Hall–Kier alpha value is -1.28. The number of phosphoric ester groups is 1. The molecule has 9 heteroatoms. The highest BCUT2D eigenvalue weighted by Gasteiger charge is 2.23. The molecule has 0 rings (SSSR count). The maximum absolute atomic E-state index is 13.0. The molecule has 0 radical (unpaired) electrons. The van der Waals surface area contributed by atoms with Gasteiger partial charge in [0.05, 0.1) is 39.9 Å². The lowest BCUT2D eigenvalue weighted by Crippen LogP contribution is -2.45. The molecule has 74 heavy (non-hydrogen) atoms. The van der Waals surface area contributed by atoms with E-state index in [1.807, 2.05) is 27.2 Å². The third kappa shape index (κ3) is 58.4. The molecule has 0 aromatic carbocycles. The first kappa shape index (κ1) is 72.7. The number of nitrogens with zero attached hydrogens (tertiary/aromatic N) is 1. The first-order valence-electron chi connectivity index (χ1n) is 32.4. The standard InChI is InChI=1S/C65H127N2O6P/c1-6-8-10-12-14-16-18-20-22-24-26-28-29-30-31-32-33-34-35-36-37-39-40-42-44-46-48-50-52-54-56-58-64(68)63(62-73-74(70,71)72-61-60-67(3,4)5)66-65(69)59-57-55-53-51-49-47-45-43-41-38-27-25-23-21-19-17-15-13-11-9-7-2/h25,27,48,50,56,58,63-64,68H,6-24,26,28-47,49,51-55,57,59-62H2,1-5H3,(H-,66,69,70,71)/b27-25-,50-48+,58-56+. The number of phosphoric acid groups is 1. The Kier molecular flexibility index (Phi) is 55.5. The zero-order chi connectivity index (χ0) is 54.2. The van der Waals surface area contributed by atoms with Crippen LogP contribution >= 0.6 is 7.82 Å². The Bertz CT molecular complexity index is 1300. The average Bonchev–Trinajstić information content (AvgIpc) is 3.36. The van der Waals surface area contributed by atoms with E-state index in [1.165, 1.54) is 263 Å². The Balaban J connectivity index is 4.13. The number of rotatable bonds is 60. The molecule has 438 valence electrons. The lowest BCUT2D eigenvalue weighted by atomic mass is 10.0. The van der Waals surface area contributed by atoms with Crippen LogP contribution in [0, 0.1) is 0 Å². The number of carbonyl (C=O) groups excluding carboxylic acids is 1. The molecule has 0 aliphatic rings. The highest BCUT2D eigenvalue weighted by molar-refractivity contribution is 7.45. The van der Waals surface area contributed by atoms with Gasteiger partial charge >= 0.3 is 0 Å². The third-order valence-corrected chi connectivity index (χ3v) is 15.8. The van der Waals surface area contributed by atoms with Crippen LogP contribution in [0.2, 0.25) is 0 Å². The van der Waals surface area contributed by atoms with Gasteiger partial charge in [0.15, 0.2) is 0 Å². The molecule has 0 saturated heterocycles. The summed E-state index contributed by atoms with van der Waals surface area (Å²) in [5, 5.41) is 13.9. The summed E-state index contributed by atoms with van der Waals surface area (Å²) in [6, 6.07) is -0.905. The van der Waals surface area contributed by atoms with Crippen LogP contribution in [0.3, 0.4) is 0 Å². The molecule has 0 spiro atoms. The van der Waals surface area contributed by atoms with Gasteiger partial charge in [0.25, 0.3) is 7.82 Å². The molecule has 3 atom stereocenters. The molecule has 0 aliphatic heterocycles. The van der Waals surface area contributed by atoms with Crippen molar-refractivity contribution in [3.63, 3.8) is 0 Å². The van der Waals surface area contributed by atoms with E-state index in [4.69, 9.17) is 9.05 Å². The van der Waals surface area contributed by atoms with Crippen molar-refractivity contribution in [2.24, 2.45) is 0 Å². The molecule has 0 aromatic heterocycles. The Morgan fingerprint density at radius 3 is 1.09 bits per heavy atom. The number of nitrogens with one attached hydrogen (secondary N) is 1. The summed E-state index contributed by atoms with van der Waals surface area (Å²) in [5.41, 5.74) is 0. The quantitative estimate of drug-likeness (QED) is 0.0272. The summed E-state index contributed by atoms with van der Waals surface area (Å²) < 4.78 is 23.4. The number of carbonyl (C=O) groups is 1. The predicted molar refractivity (Wildman–Crippen MR) is 321 cm³/mol. The molecular weight excluding hydrogens is 936 g/mol. The fourth-order valence-corrected chi connectivity index (χ4v) is 10.5. The molecule has 0 aliphatic carbocycles. The maximum Gasteiger partial charge on any atom is 0.268 e. The van der Waals surface area contributed by atoms with E-state index >= 15 is 0 Å². The van der Waals surface area contributed by atoms with E-state index in [0.717, 1.165) is 38.5 Å². The molecule has 0 fully saturated rings. The SMILES string of the molecule is CCCCCCCCCC/C=C\CCCCCCCCCCCC(=O)NC(COP(=O)([O-])OCC[N+](C)(C)C)C(O)/C=C/CC/C=C/CCCCCCCCCCCCCCCCCCCCCCCCCCC. The van der Waals surface area contributed by atoms with Crippen molar-refractivity contribution in [3.05, 3.63) is 36.5 Å². The third-order valence-electron chi connectivity index (χ3n) is 14.8. The number of unbranched alkanes of at least 4 members (excludes halogenated alkanes) is 43. The predicted octanol–water partition coefficient (Wildman–Crippen LogP) is 19.5. The van der Waals surface area contributed by atoms with E-state index in [2.05, 4.69) is 43.5 Å². The van der Waals surface area contributed by atoms with Crippen LogP contribution in [-0.2, 0) is 18.4 Å². The van der Waals surface area contributed by atoms with Crippen LogP contribution in [0.1, 0.15) is 322 Å². The van der Waals surface area contributed by atoms with Crippen LogP contribution in [0.25, 0.3) is 0 Å². The number of aliphatic hydroxyl groups is 1. The van der Waals surface area contributed by atoms with Gasteiger partial charge in [0.2, 0.25) is 5.91 Å². The second kappa shape index (κ2) is 56.4. The van der Waals surface area contributed by atoms with Crippen molar-refractivity contribution in [3.8, 4) is 0 Å². The van der Waals surface area contributed by atoms with E-state index in [9.17, 15) is 19.4 Å². The van der Waals surface area contributed by atoms with Gasteiger partial charge in [-0.3, -0.25) is 9.36 Å². The number of allylic oxidation sites excluding steroid dienone is 5. The van der Waals surface area contributed by atoms with Crippen LogP contribution in [-0.4, -0.2) is 68.5 Å². The number of quaternary nitrogens is 1. The minimum absolute atomic E-state index is 0.00592. The number of hydrogen-bond donors (Lipinski definition) is 2. The molecule has 1 amide bonds. The topological polar surface area (TPSA) is 108 Å². The molecule has 0 saturated carbocycles. The van der Waals surface area contributed by atoms with Gasteiger partial charge in [0, 0.05) is 6.42 Å². The van der Waals surface area contributed by atoms with Crippen LogP contribution in [0.4, 0.5) is 0 Å². The number of amides is 1. The lowest BCUT2D eigenvalue weighted by molar-refractivity contribution is -0.870.